The summed E-state index contributed by atoms with van der Waals surface area (Å²) in [6.07, 6.45) is 5.84. The minimum atomic E-state index is 0.788. The van der Waals surface area contributed by atoms with Crippen LogP contribution in [0.3, 0.4) is 0 Å². The molecule has 3 aromatic rings. The van der Waals surface area contributed by atoms with Crippen LogP contribution in [0.4, 0.5) is 0 Å². The lowest BCUT2D eigenvalue weighted by atomic mass is 10.1. The van der Waals surface area contributed by atoms with Gasteiger partial charge in [0.15, 0.2) is 5.16 Å². The van der Waals surface area contributed by atoms with Gasteiger partial charge in [0.1, 0.15) is 5.82 Å². The Bertz CT molecular complexity index is 724. The standard InChI is InChI=1S/C14H12BrN3S/c1-19-14-16-7-5-13(17-14)18-8-6-11-10(9-15)3-2-4-12(11)18/h2-8H,9H2,1H3. The third-order valence-electron chi connectivity index (χ3n) is 3.02. The SMILES string of the molecule is CSc1nccc(-n2ccc3c(CBr)cccc32)n1. The average Bonchev–Trinajstić information content (AvgIpc) is 2.91. The second-order valence-corrected chi connectivity index (χ2v) is 5.40. The summed E-state index contributed by atoms with van der Waals surface area (Å²) in [6, 6.07) is 10.4. The molecule has 0 saturated heterocycles. The molecule has 0 atom stereocenters. The summed E-state index contributed by atoms with van der Waals surface area (Å²) >= 11 is 5.08. The van der Waals surface area contributed by atoms with Gasteiger partial charge in [-0.15, -0.1) is 0 Å². The quantitative estimate of drug-likeness (QED) is 0.411. The van der Waals surface area contributed by atoms with Gasteiger partial charge in [0.05, 0.1) is 5.52 Å². The van der Waals surface area contributed by atoms with Gasteiger partial charge in [0.2, 0.25) is 0 Å². The van der Waals surface area contributed by atoms with E-state index in [0.717, 1.165) is 16.3 Å². The van der Waals surface area contributed by atoms with Crippen molar-refractivity contribution in [2.75, 3.05) is 6.26 Å². The van der Waals surface area contributed by atoms with Crippen molar-refractivity contribution in [1.29, 1.82) is 0 Å². The first kappa shape index (κ1) is 12.7. The lowest BCUT2D eigenvalue weighted by molar-refractivity contribution is 0.908. The molecule has 0 amide bonds. The van der Waals surface area contributed by atoms with Crippen molar-refractivity contribution in [2.45, 2.75) is 10.5 Å². The zero-order valence-electron chi connectivity index (χ0n) is 10.4. The van der Waals surface area contributed by atoms with E-state index in [1.807, 2.05) is 12.3 Å². The van der Waals surface area contributed by atoms with Crippen molar-refractivity contribution in [2.24, 2.45) is 0 Å². The molecule has 0 aliphatic heterocycles. The second-order valence-electron chi connectivity index (χ2n) is 4.07. The Morgan fingerprint density at radius 1 is 1.26 bits per heavy atom. The molecule has 3 nitrogen and oxygen atoms in total. The molecule has 0 fully saturated rings. The minimum Gasteiger partial charge on any atom is -0.301 e. The van der Waals surface area contributed by atoms with Crippen LogP contribution in [0.15, 0.2) is 47.9 Å². The lowest BCUT2D eigenvalue weighted by Crippen LogP contribution is -1.98. The molecular formula is C14H12BrN3S. The first-order valence-corrected chi connectivity index (χ1v) is 8.20. The highest BCUT2D eigenvalue weighted by atomic mass is 79.9. The van der Waals surface area contributed by atoms with Crippen LogP contribution in [-0.2, 0) is 5.33 Å². The number of fused-ring (bicyclic) bond motifs is 1. The van der Waals surface area contributed by atoms with Crippen LogP contribution < -0.4 is 0 Å². The van der Waals surface area contributed by atoms with Crippen LogP contribution in [0, 0.1) is 0 Å². The molecule has 0 bridgehead atoms. The molecule has 0 aliphatic carbocycles. The third-order valence-corrected chi connectivity index (χ3v) is 4.18. The van der Waals surface area contributed by atoms with Gasteiger partial charge in [-0.2, -0.15) is 0 Å². The van der Waals surface area contributed by atoms with E-state index in [0.29, 0.717) is 0 Å². The smallest absolute Gasteiger partial charge is 0.189 e. The van der Waals surface area contributed by atoms with Gasteiger partial charge in [-0.1, -0.05) is 39.8 Å². The summed E-state index contributed by atoms with van der Waals surface area (Å²) in [7, 11) is 0. The van der Waals surface area contributed by atoms with Crippen LogP contribution in [0.25, 0.3) is 16.7 Å². The van der Waals surface area contributed by atoms with Crippen molar-refractivity contribution >= 4 is 38.6 Å². The van der Waals surface area contributed by atoms with Crippen LogP contribution in [0.2, 0.25) is 0 Å². The Morgan fingerprint density at radius 2 is 2.16 bits per heavy atom. The van der Waals surface area contributed by atoms with Gasteiger partial charge in [-0.3, -0.25) is 0 Å². The van der Waals surface area contributed by atoms with Gasteiger partial charge in [-0.05, 0) is 30.0 Å². The molecule has 0 unspecified atom stereocenters. The zero-order chi connectivity index (χ0) is 13.2. The number of benzene rings is 1. The molecule has 0 spiro atoms. The van der Waals surface area contributed by atoms with Crippen LogP contribution in [0.1, 0.15) is 5.56 Å². The fourth-order valence-corrected chi connectivity index (χ4v) is 2.95. The largest absolute Gasteiger partial charge is 0.301 e. The van der Waals surface area contributed by atoms with E-state index < -0.39 is 0 Å². The molecule has 19 heavy (non-hydrogen) atoms. The maximum Gasteiger partial charge on any atom is 0.189 e. The van der Waals surface area contributed by atoms with Crippen molar-refractivity contribution in [3.8, 4) is 5.82 Å². The van der Waals surface area contributed by atoms with E-state index in [4.69, 9.17) is 0 Å². The Hall–Kier alpha value is -1.33. The van der Waals surface area contributed by atoms with E-state index in [9.17, 15) is 0 Å². The van der Waals surface area contributed by atoms with E-state index in [2.05, 4.69) is 60.9 Å². The summed E-state index contributed by atoms with van der Waals surface area (Å²) in [5, 5.41) is 2.90. The topological polar surface area (TPSA) is 30.7 Å². The Kier molecular flexibility index (Phi) is 3.57. The number of rotatable bonds is 3. The lowest BCUT2D eigenvalue weighted by Gasteiger charge is -2.06. The number of alkyl halides is 1. The number of nitrogens with zero attached hydrogens (tertiary/aromatic N) is 3. The average molecular weight is 334 g/mol. The maximum absolute atomic E-state index is 4.54. The van der Waals surface area contributed by atoms with E-state index in [1.54, 1.807) is 18.0 Å². The van der Waals surface area contributed by atoms with E-state index in [-0.39, 0.29) is 0 Å². The normalized spacial score (nSPS) is 11.1. The number of thioether (sulfide) groups is 1. The molecule has 0 aliphatic rings. The van der Waals surface area contributed by atoms with Crippen LogP contribution in [0.5, 0.6) is 0 Å². The Balaban J connectivity index is 2.20. The van der Waals surface area contributed by atoms with Crippen molar-refractivity contribution in [1.82, 2.24) is 14.5 Å². The minimum absolute atomic E-state index is 0.788. The molecule has 0 radical (unpaired) electrons. The van der Waals surface area contributed by atoms with Gasteiger partial charge >= 0.3 is 0 Å². The van der Waals surface area contributed by atoms with Crippen LogP contribution in [-0.4, -0.2) is 20.8 Å². The molecular weight excluding hydrogens is 322 g/mol. The van der Waals surface area contributed by atoms with Crippen molar-refractivity contribution in [3.05, 3.63) is 48.3 Å². The summed E-state index contributed by atoms with van der Waals surface area (Å²) in [6.45, 7) is 0. The monoisotopic (exact) mass is 333 g/mol. The summed E-state index contributed by atoms with van der Waals surface area (Å²) < 4.78 is 2.10. The van der Waals surface area contributed by atoms with Gasteiger partial charge < -0.3 is 4.57 Å². The van der Waals surface area contributed by atoms with Crippen molar-refractivity contribution in [3.63, 3.8) is 0 Å². The molecule has 0 saturated carbocycles. The second kappa shape index (κ2) is 5.35. The fourth-order valence-electron chi connectivity index (χ4n) is 2.11. The highest BCUT2D eigenvalue weighted by molar-refractivity contribution is 9.08. The number of hydrogen-bond acceptors (Lipinski definition) is 3. The molecule has 3 rings (SSSR count). The molecule has 0 N–H and O–H groups in total. The number of aromatic nitrogens is 3. The molecule has 2 heterocycles. The number of hydrogen-bond donors (Lipinski definition) is 0. The van der Waals surface area contributed by atoms with Gasteiger partial charge in [0.25, 0.3) is 0 Å². The van der Waals surface area contributed by atoms with E-state index in [1.165, 1.54) is 16.5 Å². The Morgan fingerprint density at radius 3 is 2.95 bits per heavy atom. The highest BCUT2D eigenvalue weighted by Crippen LogP contribution is 2.24. The maximum atomic E-state index is 4.54. The molecule has 96 valence electrons. The van der Waals surface area contributed by atoms with Crippen molar-refractivity contribution < 1.29 is 0 Å². The molecule has 5 heteroatoms. The predicted octanol–water partition coefficient (Wildman–Crippen LogP) is 4.04. The third kappa shape index (κ3) is 2.28. The van der Waals surface area contributed by atoms with E-state index >= 15 is 0 Å². The van der Waals surface area contributed by atoms with Gasteiger partial charge in [0, 0.05) is 23.1 Å². The first-order chi connectivity index (χ1) is 9.33. The zero-order valence-corrected chi connectivity index (χ0v) is 12.8. The fraction of sp³-hybridized carbons (Fsp3) is 0.143. The summed E-state index contributed by atoms with van der Waals surface area (Å²) in [4.78, 5) is 8.75. The summed E-state index contributed by atoms with van der Waals surface area (Å²) in [5.74, 6) is 0.904. The highest BCUT2D eigenvalue weighted by Gasteiger charge is 2.07. The number of halogens is 1. The molecule has 1 aromatic carbocycles. The van der Waals surface area contributed by atoms with Crippen LogP contribution >= 0.6 is 27.7 Å². The molecule has 2 aromatic heterocycles. The predicted molar refractivity (Wildman–Crippen MR) is 83.3 cm³/mol. The Labute approximate surface area is 124 Å². The van der Waals surface area contributed by atoms with Gasteiger partial charge in [-0.25, -0.2) is 9.97 Å². The first-order valence-electron chi connectivity index (χ1n) is 5.86. The summed E-state index contributed by atoms with van der Waals surface area (Å²) in [5.41, 5.74) is 2.46.